The smallest absolute Gasteiger partial charge is 0.225 e. The van der Waals surface area contributed by atoms with Gasteiger partial charge in [0.25, 0.3) is 0 Å². The number of rotatable bonds is 6. The van der Waals surface area contributed by atoms with Crippen LogP contribution in [-0.2, 0) is 4.79 Å². The number of carbonyl (C=O) groups excluding carboxylic acids is 1. The second kappa shape index (κ2) is 7.66. The molecule has 1 fully saturated rings. The van der Waals surface area contributed by atoms with Gasteiger partial charge in [0.15, 0.2) is 0 Å². The summed E-state index contributed by atoms with van der Waals surface area (Å²) in [6, 6.07) is 0. The fourth-order valence-corrected chi connectivity index (χ4v) is 2.49. The van der Waals surface area contributed by atoms with Crippen molar-refractivity contribution in [3.63, 3.8) is 0 Å². The molecule has 94 valence electrons. The van der Waals surface area contributed by atoms with Gasteiger partial charge in [0.1, 0.15) is 0 Å². The molecule has 0 aliphatic heterocycles. The highest BCUT2D eigenvalue weighted by molar-refractivity contribution is 5.78. The second-order valence-corrected chi connectivity index (χ2v) is 4.80. The summed E-state index contributed by atoms with van der Waals surface area (Å²) < 4.78 is 0. The molecule has 2 N–H and O–H groups in total. The third-order valence-corrected chi connectivity index (χ3v) is 3.39. The average Bonchev–Trinajstić information content (AvgIpc) is 2.35. The van der Waals surface area contributed by atoms with Gasteiger partial charge in [-0.05, 0) is 32.2 Å². The van der Waals surface area contributed by atoms with E-state index in [0.717, 1.165) is 38.8 Å². The van der Waals surface area contributed by atoms with Crippen LogP contribution in [0.3, 0.4) is 0 Å². The maximum Gasteiger partial charge on any atom is 0.225 e. The van der Waals surface area contributed by atoms with Crippen LogP contribution in [0.2, 0.25) is 0 Å². The normalized spacial score (nSPS) is 17.4. The quantitative estimate of drug-likeness (QED) is 0.754. The minimum Gasteiger partial charge on any atom is -0.342 e. The molecular weight excluding hydrogens is 200 g/mol. The van der Waals surface area contributed by atoms with Crippen LogP contribution in [0.25, 0.3) is 0 Å². The van der Waals surface area contributed by atoms with E-state index in [1.807, 2.05) is 4.90 Å². The van der Waals surface area contributed by atoms with E-state index in [-0.39, 0.29) is 0 Å². The van der Waals surface area contributed by atoms with Crippen LogP contribution in [0.5, 0.6) is 0 Å². The van der Waals surface area contributed by atoms with Gasteiger partial charge in [-0.1, -0.05) is 26.2 Å². The summed E-state index contributed by atoms with van der Waals surface area (Å²) in [7, 11) is 0. The molecule has 0 radical (unpaired) electrons. The average molecular weight is 226 g/mol. The molecule has 0 bridgehead atoms. The van der Waals surface area contributed by atoms with Gasteiger partial charge in [0.05, 0.1) is 0 Å². The van der Waals surface area contributed by atoms with Gasteiger partial charge in [-0.25, -0.2) is 0 Å². The summed E-state index contributed by atoms with van der Waals surface area (Å²) in [5, 5.41) is 0. The number of nitrogens with two attached hydrogens (primary N) is 1. The molecule has 1 aliphatic rings. The first-order valence-electron chi connectivity index (χ1n) is 6.78. The predicted molar refractivity (Wildman–Crippen MR) is 67.1 cm³/mol. The molecule has 0 unspecified atom stereocenters. The first-order valence-corrected chi connectivity index (χ1v) is 6.78. The minimum absolute atomic E-state index is 0.304. The topological polar surface area (TPSA) is 46.3 Å². The number of nitrogens with zero attached hydrogens (tertiary/aromatic N) is 1. The lowest BCUT2D eigenvalue weighted by Gasteiger charge is -2.29. The van der Waals surface area contributed by atoms with Crippen LogP contribution in [0, 0.1) is 5.92 Å². The Morgan fingerprint density at radius 2 is 1.94 bits per heavy atom. The SMILES string of the molecule is CCCN(CCCN)C(=O)C1CCCCC1. The predicted octanol–water partition coefficient (Wildman–Crippen LogP) is 2.15. The lowest BCUT2D eigenvalue weighted by molar-refractivity contribution is -0.136. The zero-order chi connectivity index (χ0) is 11.8. The fourth-order valence-electron chi connectivity index (χ4n) is 2.49. The standard InChI is InChI=1S/C13H26N2O/c1-2-10-15(11-6-9-14)13(16)12-7-4-3-5-8-12/h12H,2-11,14H2,1H3. The van der Waals surface area contributed by atoms with E-state index in [1.165, 1.54) is 19.3 Å². The Bertz CT molecular complexity index is 200. The molecule has 0 aromatic rings. The van der Waals surface area contributed by atoms with Crippen molar-refractivity contribution < 1.29 is 4.79 Å². The van der Waals surface area contributed by atoms with Crippen LogP contribution in [0.1, 0.15) is 51.9 Å². The van der Waals surface area contributed by atoms with E-state index in [9.17, 15) is 4.79 Å². The van der Waals surface area contributed by atoms with Crippen molar-refractivity contribution in [2.45, 2.75) is 51.9 Å². The Hall–Kier alpha value is -0.570. The van der Waals surface area contributed by atoms with Crippen LogP contribution in [-0.4, -0.2) is 30.4 Å². The number of carbonyl (C=O) groups is 1. The zero-order valence-electron chi connectivity index (χ0n) is 10.6. The number of amides is 1. The van der Waals surface area contributed by atoms with Gasteiger partial charge in [0.2, 0.25) is 5.91 Å². The van der Waals surface area contributed by atoms with Crippen molar-refractivity contribution in [3.05, 3.63) is 0 Å². The molecule has 1 amide bonds. The van der Waals surface area contributed by atoms with Gasteiger partial charge in [-0.3, -0.25) is 4.79 Å². The van der Waals surface area contributed by atoms with Crippen molar-refractivity contribution >= 4 is 5.91 Å². The van der Waals surface area contributed by atoms with Gasteiger partial charge in [-0.15, -0.1) is 0 Å². The zero-order valence-corrected chi connectivity index (χ0v) is 10.6. The summed E-state index contributed by atoms with van der Waals surface area (Å²) >= 11 is 0. The lowest BCUT2D eigenvalue weighted by atomic mass is 9.88. The van der Waals surface area contributed by atoms with Crippen molar-refractivity contribution in [2.24, 2.45) is 11.7 Å². The molecule has 1 saturated carbocycles. The summed E-state index contributed by atoms with van der Waals surface area (Å²) in [5.74, 6) is 0.688. The third-order valence-electron chi connectivity index (χ3n) is 3.39. The first kappa shape index (κ1) is 13.5. The molecule has 0 aromatic heterocycles. The molecule has 3 heteroatoms. The molecule has 3 nitrogen and oxygen atoms in total. The molecular formula is C13H26N2O. The number of hydrogen-bond acceptors (Lipinski definition) is 2. The largest absolute Gasteiger partial charge is 0.342 e. The Kier molecular flexibility index (Phi) is 6.46. The van der Waals surface area contributed by atoms with E-state index in [4.69, 9.17) is 5.73 Å². The minimum atomic E-state index is 0.304. The number of hydrogen-bond donors (Lipinski definition) is 1. The Labute approximate surface area is 99.4 Å². The molecule has 0 atom stereocenters. The summed E-state index contributed by atoms with van der Waals surface area (Å²) in [6.45, 7) is 4.55. The van der Waals surface area contributed by atoms with Gasteiger partial charge in [0, 0.05) is 19.0 Å². The maximum atomic E-state index is 12.3. The second-order valence-electron chi connectivity index (χ2n) is 4.80. The van der Waals surface area contributed by atoms with Crippen LogP contribution < -0.4 is 5.73 Å². The van der Waals surface area contributed by atoms with E-state index < -0.39 is 0 Å². The van der Waals surface area contributed by atoms with Crippen LogP contribution in [0.15, 0.2) is 0 Å². The fraction of sp³-hybridized carbons (Fsp3) is 0.923. The van der Waals surface area contributed by atoms with Crippen molar-refractivity contribution in [1.82, 2.24) is 4.90 Å². The molecule has 0 heterocycles. The first-order chi connectivity index (χ1) is 7.79. The monoisotopic (exact) mass is 226 g/mol. The van der Waals surface area contributed by atoms with E-state index in [2.05, 4.69) is 6.92 Å². The van der Waals surface area contributed by atoms with Gasteiger partial charge >= 0.3 is 0 Å². The highest BCUT2D eigenvalue weighted by Gasteiger charge is 2.24. The summed E-state index contributed by atoms with van der Waals surface area (Å²) in [6.07, 6.45) is 7.94. The van der Waals surface area contributed by atoms with Crippen molar-refractivity contribution in [2.75, 3.05) is 19.6 Å². The Balaban J connectivity index is 2.44. The van der Waals surface area contributed by atoms with Crippen molar-refractivity contribution in [3.8, 4) is 0 Å². The third kappa shape index (κ3) is 4.12. The molecule has 1 rings (SSSR count). The van der Waals surface area contributed by atoms with Crippen molar-refractivity contribution in [1.29, 1.82) is 0 Å². The summed E-state index contributed by atoms with van der Waals surface area (Å²) in [4.78, 5) is 14.3. The van der Waals surface area contributed by atoms with E-state index in [1.54, 1.807) is 0 Å². The Morgan fingerprint density at radius 1 is 1.25 bits per heavy atom. The highest BCUT2D eigenvalue weighted by Crippen LogP contribution is 2.25. The summed E-state index contributed by atoms with van der Waals surface area (Å²) in [5.41, 5.74) is 5.51. The van der Waals surface area contributed by atoms with E-state index in [0.29, 0.717) is 18.4 Å². The molecule has 0 saturated heterocycles. The van der Waals surface area contributed by atoms with Gasteiger partial charge in [-0.2, -0.15) is 0 Å². The van der Waals surface area contributed by atoms with Gasteiger partial charge < -0.3 is 10.6 Å². The van der Waals surface area contributed by atoms with Crippen LogP contribution >= 0.6 is 0 Å². The molecule has 0 spiro atoms. The maximum absolute atomic E-state index is 12.3. The Morgan fingerprint density at radius 3 is 2.50 bits per heavy atom. The van der Waals surface area contributed by atoms with Crippen LogP contribution in [0.4, 0.5) is 0 Å². The highest BCUT2D eigenvalue weighted by atomic mass is 16.2. The van der Waals surface area contributed by atoms with E-state index >= 15 is 0 Å². The molecule has 16 heavy (non-hydrogen) atoms. The molecule has 1 aliphatic carbocycles. The lowest BCUT2D eigenvalue weighted by Crippen LogP contribution is -2.38. The molecule has 0 aromatic carbocycles.